The van der Waals surface area contributed by atoms with E-state index in [2.05, 4.69) is 27.8 Å². The van der Waals surface area contributed by atoms with Crippen LogP contribution in [0.3, 0.4) is 0 Å². The van der Waals surface area contributed by atoms with E-state index >= 15 is 0 Å². The summed E-state index contributed by atoms with van der Waals surface area (Å²) in [4.78, 5) is 2.72. The molecule has 1 heterocycles. The van der Waals surface area contributed by atoms with Gasteiger partial charge in [0.25, 0.3) is 0 Å². The highest BCUT2D eigenvalue weighted by molar-refractivity contribution is 9.09. The largest absolute Gasteiger partial charge is 0.300 e. The first kappa shape index (κ1) is 12.5. The van der Waals surface area contributed by atoms with E-state index in [-0.39, 0.29) is 0 Å². The average molecular weight is 262 g/mol. The second kappa shape index (κ2) is 7.70. The van der Waals surface area contributed by atoms with Gasteiger partial charge < -0.3 is 4.90 Å². The molecule has 14 heavy (non-hydrogen) atoms. The summed E-state index contributed by atoms with van der Waals surface area (Å²) >= 11 is 3.57. The third-order valence-corrected chi connectivity index (χ3v) is 3.70. The fourth-order valence-corrected chi connectivity index (χ4v) is 2.90. The Morgan fingerprint density at radius 2 is 2.14 bits per heavy atom. The van der Waals surface area contributed by atoms with E-state index in [0.29, 0.717) is 0 Å². The Bertz CT molecular complexity index is 136. The van der Waals surface area contributed by atoms with E-state index in [1.54, 1.807) is 0 Å². The fourth-order valence-electron chi connectivity index (χ4n) is 2.37. The summed E-state index contributed by atoms with van der Waals surface area (Å²) in [6.45, 7) is 4.97. The molecule has 1 fully saturated rings. The van der Waals surface area contributed by atoms with Gasteiger partial charge in [-0.05, 0) is 38.8 Å². The van der Waals surface area contributed by atoms with Gasteiger partial charge in [0.15, 0.2) is 0 Å². The van der Waals surface area contributed by atoms with Crippen LogP contribution in [-0.4, -0.2) is 29.4 Å². The standard InChI is InChI=1S/C12H24BrN/c1-2-3-5-10-14-11-6-4-7-12(14)8-9-13/h12H,2-11H2,1H3. The van der Waals surface area contributed by atoms with Gasteiger partial charge in [0.2, 0.25) is 0 Å². The van der Waals surface area contributed by atoms with Crippen LogP contribution >= 0.6 is 15.9 Å². The summed E-state index contributed by atoms with van der Waals surface area (Å²) in [7, 11) is 0. The first-order valence-electron chi connectivity index (χ1n) is 6.18. The molecule has 1 nitrogen and oxygen atoms in total. The molecule has 84 valence electrons. The molecule has 1 aliphatic heterocycles. The third-order valence-electron chi connectivity index (χ3n) is 3.24. The molecule has 0 aromatic heterocycles. The molecule has 1 saturated heterocycles. The highest BCUT2D eigenvalue weighted by Gasteiger charge is 2.20. The van der Waals surface area contributed by atoms with Crippen LogP contribution < -0.4 is 0 Å². The van der Waals surface area contributed by atoms with E-state index < -0.39 is 0 Å². The minimum Gasteiger partial charge on any atom is -0.300 e. The van der Waals surface area contributed by atoms with Crippen LogP contribution in [0.1, 0.15) is 51.9 Å². The van der Waals surface area contributed by atoms with Crippen molar-refractivity contribution < 1.29 is 0 Å². The number of nitrogens with zero attached hydrogens (tertiary/aromatic N) is 1. The number of halogens is 1. The minimum absolute atomic E-state index is 0.875. The molecule has 0 aromatic rings. The molecule has 0 amide bonds. The summed E-state index contributed by atoms with van der Waals surface area (Å²) in [5, 5.41) is 1.17. The Morgan fingerprint density at radius 1 is 1.29 bits per heavy atom. The molecule has 0 bridgehead atoms. The van der Waals surface area contributed by atoms with Gasteiger partial charge in [0.1, 0.15) is 0 Å². The van der Waals surface area contributed by atoms with Crippen LogP contribution in [0.25, 0.3) is 0 Å². The summed E-state index contributed by atoms with van der Waals surface area (Å²) < 4.78 is 0. The Balaban J connectivity index is 2.22. The highest BCUT2D eigenvalue weighted by atomic mass is 79.9. The van der Waals surface area contributed by atoms with Crippen molar-refractivity contribution in [2.75, 3.05) is 18.4 Å². The van der Waals surface area contributed by atoms with E-state index in [1.807, 2.05) is 0 Å². The number of rotatable bonds is 6. The van der Waals surface area contributed by atoms with E-state index in [0.717, 1.165) is 6.04 Å². The van der Waals surface area contributed by atoms with Gasteiger partial charge in [-0.2, -0.15) is 0 Å². The lowest BCUT2D eigenvalue weighted by atomic mass is 9.99. The molecule has 1 aliphatic rings. The first-order chi connectivity index (χ1) is 6.88. The molecule has 0 radical (unpaired) electrons. The fraction of sp³-hybridized carbons (Fsp3) is 1.00. The van der Waals surface area contributed by atoms with Crippen molar-refractivity contribution in [3.63, 3.8) is 0 Å². The van der Waals surface area contributed by atoms with Crippen molar-refractivity contribution in [1.82, 2.24) is 4.90 Å². The first-order valence-corrected chi connectivity index (χ1v) is 7.30. The van der Waals surface area contributed by atoms with E-state index in [9.17, 15) is 0 Å². The van der Waals surface area contributed by atoms with E-state index in [1.165, 1.54) is 63.4 Å². The number of piperidine rings is 1. The summed E-state index contributed by atoms with van der Waals surface area (Å²) in [6.07, 6.45) is 9.78. The van der Waals surface area contributed by atoms with Gasteiger partial charge in [-0.15, -0.1) is 0 Å². The summed E-state index contributed by atoms with van der Waals surface area (Å²) in [6, 6.07) is 0.875. The Labute approximate surface area is 97.4 Å². The Kier molecular flexibility index (Phi) is 6.88. The number of unbranched alkanes of at least 4 members (excludes halogenated alkanes) is 2. The number of likely N-dealkylation sites (tertiary alicyclic amines) is 1. The van der Waals surface area contributed by atoms with Crippen LogP contribution in [0.2, 0.25) is 0 Å². The normalized spacial score (nSPS) is 24.0. The Morgan fingerprint density at radius 3 is 2.86 bits per heavy atom. The second-order valence-electron chi connectivity index (χ2n) is 4.37. The zero-order chi connectivity index (χ0) is 10.2. The summed E-state index contributed by atoms with van der Waals surface area (Å²) in [5.74, 6) is 0. The van der Waals surface area contributed by atoms with Gasteiger partial charge in [0, 0.05) is 11.4 Å². The SMILES string of the molecule is CCCCCN1CCCCC1CCBr. The van der Waals surface area contributed by atoms with Crippen LogP contribution in [0.15, 0.2) is 0 Å². The van der Waals surface area contributed by atoms with Crippen molar-refractivity contribution in [1.29, 1.82) is 0 Å². The number of hydrogen-bond donors (Lipinski definition) is 0. The molecule has 1 atom stereocenters. The predicted octanol–water partition coefficient (Wildman–Crippen LogP) is 3.82. The maximum absolute atomic E-state index is 3.57. The molecule has 0 N–H and O–H groups in total. The van der Waals surface area contributed by atoms with Crippen LogP contribution in [0.5, 0.6) is 0 Å². The van der Waals surface area contributed by atoms with Crippen molar-refractivity contribution in [3.8, 4) is 0 Å². The molecular formula is C12H24BrN. The molecule has 0 spiro atoms. The zero-order valence-electron chi connectivity index (χ0n) is 9.47. The highest BCUT2D eigenvalue weighted by Crippen LogP contribution is 2.20. The molecule has 2 heteroatoms. The van der Waals surface area contributed by atoms with E-state index in [4.69, 9.17) is 0 Å². The van der Waals surface area contributed by atoms with Crippen molar-refractivity contribution in [3.05, 3.63) is 0 Å². The topological polar surface area (TPSA) is 3.24 Å². The lowest BCUT2D eigenvalue weighted by Crippen LogP contribution is -2.40. The molecular weight excluding hydrogens is 238 g/mol. The maximum Gasteiger partial charge on any atom is 0.0103 e. The smallest absolute Gasteiger partial charge is 0.0103 e. The lowest BCUT2D eigenvalue weighted by Gasteiger charge is -2.35. The zero-order valence-corrected chi connectivity index (χ0v) is 11.1. The van der Waals surface area contributed by atoms with Crippen molar-refractivity contribution in [2.45, 2.75) is 57.9 Å². The molecule has 1 rings (SSSR count). The van der Waals surface area contributed by atoms with Gasteiger partial charge >= 0.3 is 0 Å². The van der Waals surface area contributed by atoms with Crippen LogP contribution in [0, 0.1) is 0 Å². The summed E-state index contributed by atoms with van der Waals surface area (Å²) in [5.41, 5.74) is 0. The predicted molar refractivity (Wildman–Crippen MR) is 67.1 cm³/mol. The average Bonchev–Trinajstić information content (AvgIpc) is 2.21. The van der Waals surface area contributed by atoms with Crippen LogP contribution in [-0.2, 0) is 0 Å². The number of hydrogen-bond acceptors (Lipinski definition) is 1. The van der Waals surface area contributed by atoms with Gasteiger partial charge in [-0.3, -0.25) is 0 Å². The van der Waals surface area contributed by atoms with Gasteiger partial charge in [-0.25, -0.2) is 0 Å². The Hall–Kier alpha value is 0.440. The third kappa shape index (κ3) is 4.31. The number of alkyl halides is 1. The van der Waals surface area contributed by atoms with Crippen molar-refractivity contribution >= 4 is 15.9 Å². The van der Waals surface area contributed by atoms with Gasteiger partial charge in [-0.1, -0.05) is 42.1 Å². The maximum atomic E-state index is 3.57. The molecule has 0 aliphatic carbocycles. The molecule has 1 unspecified atom stereocenters. The molecule has 0 saturated carbocycles. The van der Waals surface area contributed by atoms with Crippen molar-refractivity contribution in [2.24, 2.45) is 0 Å². The monoisotopic (exact) mass is 261 g/mol. The second-order valence-corrected chi connectivity index (χ2v) is 5.16. The van der Waals surface area contributed by atoms with Gasteiger partial charge in [0.05, 0.1) is 0 Å². The lowest BCUT2D eigenvalue weighted by molar-refractivity contribution is 0.142. The minimum atomic E-state index is 0.875. The van der Waals surface area contributed by atoms with Crippen LogP contribution in [0.4, 0.5) is 0 Å². The molecule has 0 aromatic carbocycles. The quantitative estimate of drug-likeness (QED) is 0.519.